The van der Waals surface area contributed by atoms with Gasteiger partial charge in [-0.05, 0) is 42.5 Å². The van der Waals surface area contributed by atoms with Crippen LogP contribution in [-0.2, 0) is 14.3 Å². The van der Waals surface area contributed by atoms with Gasteiger partial charge in [-0.2, -0.15) is 8.42 Å². The van der Waals surface area contributed by atoms with E-state index in [1.807, 2.05) is 0 Å². The van der Waals surface area contributed by atoms with Crippen LogP contribution < -0.4 is 0 Å². The van der Waals surface area contributed by atoms with Crippen molar-refractivity contribution in [2.45, 2.75) is 37.5 Å². The van der Waals surface area contributed by atoms with Crippen LogP contribution in [0.1, 0.15) is 32.6 Å². The number of rotatable bonds is 4. The van der Waals surface area contributed by atoms with Crippen LogP contribution in [0.15, 0.2) is 33.6 Å². The molecule has 2 rings (SSSR count). The van der Waals surface area contributed by atoms with Gasteiger partial charge < -0.3 is 0 Å². The summed E-state index contributed by atoms with van der Waals surface area (Å²) in [4.78, 5) is 0.215. The maximum atomic E-state index is 12.0. The quantitative estimate of drug-likeness (QED) is 0.789. The van der Waals surface area contributed by atoms with E-state index in [9.17, 15) is 8.42 Å². The zero-order valence-electron chi connectivity index (χ0n) is 10.4. The lowest BCUT2D eigenvalue weighted by Gasteiger charge is -2.22. The monoisotopic (exact) mass is 332 g/mol. The molecule has 0 aliphatic heterocycles. The van der Waals surface area contributed by atoms with E-state index >= 15 is 0 Å². The van der Waals surface area contributed by atoms with Gasteiger partial charge in [-0.25, -0.2) is 0 Å². The van der Waals surface area contributed by atoms with Crippen LogP contribution >= 0.6 is 15.9 Å². The van der Waals surface area contributed by atoms with E-state index in [4.69, 9.17) is 4.18 Å². The Balaban J connectivity index is 2.05. The molecular formula is C13H17BrO3S. The second-order valence-electron chi connectivity index (χ2n) is 5.19. The Morgan fingerprint density at radius 2 is 1.78 bits per heavy atom. The van der Waals surface area contributed by atoms with Crippen molar-refractivity contribution in [2.75, 3.05) is 6.61 Å². The molecule has 0 amide bonds. The molecule has 0 radical (unpaired) electrons. The predicted octanol–water partition coefficient (Wildman–Crippen LogP) is 3.73. The SMILES string of the molecule is CC1(COS(=O)(=O)c2ccc(Br)cc2)CCCC1. The average Bonchev–Trinajstić information content (AvgIpc) is 2.75. The average molecular weight is 333 g/mol. The maximum absolute atomic E-state index is 12.0. The smallest absolute Gasteiger partial charge is 0.266 e. The second kappa shape index (κ2) is 5.31. The minimum absolute atomic E-state index is 0.0163. The Hall–Kier alpha value is -0.390. The molecule has 0 heterocycles. The molecule has 0 bridgehead atoms. The van der Waals surface area contributed by atoms with E-state index in [2.05, 4.69) is 22.9 Å². The molecule has 0 atom stereocenters. The van der Waals surface area contributed by atoms with Gasteiger partial charge in [0.25, 0.3) is 10.1 Å². The summed E-state index contributed by atoms with van der Waals surface area (Å²) in [6.45, 7) is 2.38. The molecule has 1 saturated carbocycles. The van der Waals surface area contributed by atoms with Crippen LogP contribution in [0.25, 0.3) is 0 Å². The Morgan fingerprint density at radius 1 is 1.22 bits per heavy atom. The summed E-state index contributed by atoms with van der Waals surface area (Å²) < 4.78 is 30.1. The summed E-state index contributed by atoms with van der Waals surface area (Å²) in [5.41, 5.74) is 0.0163. The van der Waals surface area contributed by atoms with Crippen molar-refractivity contribution in [3.8, 4) is 0 Å². The highest BCUT2D eigenvalue weighted by molar-refractivity contribution is 9.10. The molecule has 1 fully saturated rings. The Labute approximate surface area is 117 Å². The van der Waals surface area contributed by atoms with E-state index in [1.54, 1.807) is 24.3 Å². The number of benzene rings is 1. The van der Waals surface area contributed by atoms with Gasteiger partial charge in [0.1, 0.15) is 0 Å². The maximum Gasteiger partial charge on any atom is 0.296 e. The molecule has 1 aromatic rings. The first-order chi connectivity index (χ1) is 8.41. The molecule has 100 valence electrons. The van der Waals surface area contributed by atoms with Gasteiger partial charge in [-0.15, -0.1) is 0 Å². The van der Waals surface area contributed by atoms with E-state index < -0.39 is 10.1 Å². The van der Waals surface area contributed by atoms with Crippen molar-refractivity contribution in [1.29, 1.82) is 0 Å². The first-order valence-corrected chi connectivity index (χ1v) is 8.27. The standard InChI is InChI=1S/C13H17BrO3S/c1-13(8-2-3-9-13)10-17-18(15,16)12-6-4-11(14)5-7-12/h4-7H,2-3,8-10H2,1H3. The van der Waals surface area contributed by atoms with Crippen LogP contribution in [0.4, 0.5) is 0 Å². The van der Waals surface area contributed by atoms with E-state index in [-0.39, 0.29) is 16.9 Å². The van der Waals surface area contributed by atoms with E-state index in [1.165, 1.54) is 0 Å². The van der Waals surface area contributed by atoms with Gasteiger partial charge in [0.15, 0.2) is 0 Å². The third-order valence-corrected chi connectivity index (χ3v) is 5.28. The number of halogens is 1. The number of hydrogen-bond donors (Lipinski definition) is 0. The lowest BCUT2D eigenvalue weighted by Crippen LogP contribution is -2.22. The molecule has 18 heavy (non-hydrogen) atoms. The van der Waals surface area contributed by atoms with Gasteiger partial charge in [0.2, 0.25) is 0 Å². The third kappa shape index (κ3) is 3.33. The summed E-state index contributed by atoms with van der Waals surface area (Å²) in [5, 5.41) is 0. The van der Waals surface area contributed by atoms with Crippen LogP contribution in [0.3, 0.4) is 0 Å². The molecule has 1 aromatic carbocycles. The van der Waals surface area contributed by atoms with E-state index in [0.29, 0.717) is 0 Å². The predicted molar refractivity (Wildman–Crippen MR) is 73.9 cm³/mol. The summed E-state index contributed by atoms with van der Waals surface area (Å²) >= 11 is 3.28. The van der Waals surface area contributed by atoms with Crippen molar-refractivity contribution < 1.29 is 12.6 Å². The molecule has 3 nitrogen and oxygen atoms in total. The van der Waals surface area contributed by atoms with Crippen LogP contribution in [0.2, 0.25) is 0 Å². The molecule has 1 aliphatic carbocycles. The molecule has 0 unspecified atom stereocenters. The van der Waals surface area contributed by atoms with E-state index in [0.717, 1.165) is 30.2 Å². The first-order valence-electron chi connectivity index (χ1n) is 6.06. The fourth-order valence-electron chi connectivity index (χ4n) is 2.26. The normalized spacial score (nSPS) is 19.0. The van der Waals surface area contributed by atoms with Crippen molar-refractivity contribution in [3.05, 3.63) is 28.7 Å². The molecule has 1 aliphatic rings. The van der Waals surface area contributed by atoms with Gasteiger partial charge >= 0.3 is 0 Å². The lowest BCUT2D eigenvalue weighted by molar-refractivity contribution is 0.173. The van der Waals surface area contributed by atoms with Gasteiger partial charge in [0, 0.05) is 4.47 Å². The second-order valence-corrected chi connectivity index (χ2v) is 7.72. The molecule has 0 spiro atoms. The number of hydrogen-bond acceptors (Lipinski definition) is 3. The van der Waals surface area contributed by atoms with Crippen molar-refractivity contribution >= 4 is 26.0 Å². The van der Waals surface area contributed by atoms with Gasteiger partial charge in [0.05, 0.1) is 11.5 Å². The van der Waals surface area contributed by atoms with Gasteiger partial charge in [-0.1, -0.05) is 35.7 Å². The topological polar surface area (TPSA) is 43.4 Å². The third-order valence-electron chi connectivity index (χ3n) is 3.48. The fraction of sp³-hybridized carbons (Fsp3) is 0.538. The van der Waals surface area contributed by atoms with Crippen molar-refractivity contribution in [3.63, 3.8) is 0 Å². The minimum Gasteiger partial charge on any atom is -0.266 e. The minimum atomic E-state index is -3.62. The highest BCUT2D eigenvalue weighted by Crippen LogP contribution is 2.38. The lowest BCUT2D eigenvalue weighted by atomic mass is 9.90. The zero-order valence-corrected chi connectivity index (χ0v) is 12.8. The fourth-order valence-corrected chi connectivity index (χ4v) is 3.57. The van der Waals surface area contributed by atoms with Crippen LogP contribution in [0, 0.1) is 5.41 Å². The summed E-state index contributed by atoms with van der Waals surface area (Å²) in [7, 11) is -3.62. The summed E-state index contributed by atoms with van der Waals surface area (Å²) in [5.74, 6) is 0. The summed E-state index contributed by atoms with van der Waals surface area (Å²) in [6, 6.07) is 6.51. The van der Waals surface area contributed by atoms with Gasteiger partial charge in [-0.3, -0.25) is 4.18 Å². The van der Waals surface area contributed by atoms with Crippen molar-refractivity contribution in [1.82, 2.24) is 0 Å². The largest absolute Gasteiger partial charge is 0.296 e. The Kier molecular flexibility index (Phi) is 4.14. The molecule has 5 heteroatoms. The molecule has 0 saturated heterocycles. The zero-order chi connectivity index (χ0) is 13.2. The first kappa shape index (κ1) is 14.0. The Bertz CT molecular complexity index is 502. The highest BCUT2D eigenvalue weighted by Gasteiger charge is 2.31. The molecular weight excluding hydrogens is 316 g/mol. The van der Waals surface area contributed by atoms with Crippen molar-refractivity contribution in [2.24, 2.45) is 5.41 Å². The van der Waals surface area contributed by atoms with Crippen LogP contribution in [-0.4, -0.2) is 15.0 Å². The summed E-state index contributed by atoms with van der Waals surface area (Å²) in [6.07, 6.45) is 4.42. The molecule has 0 aromatic heterocycles. The van der Waals surface area contributed by atoms with Crippen LogP contribution in [0.5, 0.6) is 0 Å². The Morgan fingerprint density at radius 3 is 2.33 bits per heavy atom. The molecule has 0 N–H and O–H groups in total. The highest BCUT2D eigenvalue weighted by atomic mass is 79.9.